The number of aryl methyl sites for hydroxylation is 1. The maximum Gasteiger partial charge on any atom is 0.160 e. The van der Waals surface area contributed by atoms with Crippen LogP contribution in [0.2, 0.25) is 0 Å². The van der Waals surface area contributed by atoms with Crippen molar-refractivity contribution in [3.8, 4) is 11.4 Å². The number of aromatic nitrogens is 2. The van der Waals surface area contributed by atoms with Gasteiger partial charge in [-0.25, -0.2) is 9.97 Å². The highest BCUT2D eigenvalue weighted by atomic mass is 32.2. The Morgan fingerprint density at radius 3 is 2.55 bits per heavy atom. The largest absolute Gasteiger partial charge is 0.233 e. The first-order valence-electron chi connectivity index (χ1n) is 7.33. The summed E-state index contributed by atoms with van der Waals surface area (Å²) in [6, 6.07) is 12.3. The van der Waals surface area contributed by atoms with Crippen LogP contribution in [0.1, 0.15) is 38.3 Å². The van der Waals surface area contributed by atoms with E-state index >= 15 is 0 Å². The van der Waals surface area contributed by atoms with Gasteiger partial charge in [-0.3, -0.25) is 0 Å². The van der Waals surface area contributed by atoms with Crippen molar-refractivity contribution in [2.75, 3.05) is 5.75 Å². The van der Waals surface area contributed by atoms with Crippen LogP contribution in [0.15, 0.2) is 41.4 Å². The zero-order chi connectivity index (χ0) is 14.2. The monoisotopic (exact) mass is 286 g/mol. The summed E-state index contributed by atoms with van der Waals surface area (Å²) in [5, 5.41) is 1.09. The molecule has 2 nitrogen and oxygen atoms in total. The smallest absolute Gasteiger partial charge is 0.160 e. The topological polar surface area (TPSA) is 25.8 Å². The molecule has 0 aliphatic rings. The minimum atomic E-state index is 0.835. The highest BCUT2D eigenvalue weighted by Crippen LogP contribution is 2.22. The molecular formula is C17H22N2S. The van der Waals surface area contributed by atoms with E-state index in [1.807, 2.05) is 36.9 Å². The molecule has 1 heterocycles. The SMILES string of the molecule is CCCCCCSc1cc(C)nc(-c2ccccc2)n1. The van der Waals surface area contributed by atoms with Gasteiger partial charge >= 0.3 is 0 Å². The number of unbranched alkanes of at least 4 members (excludes halogenated alkanes) is 3. The molecule has 0 spiro atoms. The van der Waals surface area contributed by atoms with E-state index in [9.17, 15) is 0 Å². The van der Waals surface area contributed by atoms with Gasteiger partial charge in [-0.05, 0) is 25.2 Å². The van der Waals surface area contributed by atoms with Crippen molar-refractivity contribution in [3.63, 3.8) is 0 Å². The Hall–Kier alpha value is -1.35. The van der Waals surface area contributed by atoms with E-state index in [4.69, 9.17) is 0 Å². The van der Waals surface area contributed by atoms with Crippen LogP contribution in [0.4, 0.5) is 0 Å². The molecule has 0 atom stereocenters. The number of benzene rings is 1. The molecular weight excluding hydrogens is 264 g/mol. The van der Waals surface area contributed by atoms with Gasteiger partial charge in [-0.15, -0.1) is 11.8 Å². The van der Waals surface area contributed by atoms with Crippen LogP contribution in [0, 0.1) is 6.92 Å². The van der Waals surface area contributed by atoms with Crippen molar-refractivity contribution < 1.29 is 0 Å². The number of hydrogen-bond acceptors (Lipinski definition) is 3. The first kappa shape index (κ1) is 15.0. The first-order chi connectivity index (χ1) is 9.79. The number of hydrogen-bond donors (Lipinski definition) is 0. The second-order valence-corrected chi connectivity index (χ2v) is 6.06. The molecule has 3 heteroatoms. The Bertz CT molecular complexity index is 526. The van der Waals surface area contributed by atoms with E-state index in [1.165, 1.54) is 25.7 Å². The van der Waals surface area contributed by atoms with Crippen LogP contribution in [-0.2, 0) is 0 Å². The molecule has 0 bridgehead atoms. The van der Waals surface area contributed by atoms with Crippen LogP contribution >= 0.6 is 11.8 Å². The zero-order valence-corrected chi connectivity index (χ0v) is 13.1. The van der Waals surface area contributed by atoms with E-state index in [0.29, 0.717) is 0 Å². The van der Waals surface area contributed by atoms with E-state index in [1.54, 1.807) is 0 Å². The average molecular weight is 286 g/mol. The minimum Gasteiger partial charge on any atom is -0.233 e. The van der Waals surface area contributed by atoms with Gasteiger partial charge in [0.15, 0.2) is 5.82 Å². The van der Waals surface area contributed by atoms with Gasteiger partial charge in [-0.2, -0.15) is 0 Å². The van der Waals surface area contributed by atoms with Crippen LogP contribution < -0.4 is 0 Å². The normalized spacial score (nSPS) is 10.7. The second-order valence-electron chi connectivity index (χ2n) is 4.95. The molecule has 0 fully saturated rings. The Labute approximate surface area is 126 Å². The van der Waals surface area contributed by atoms with Gasteiger partial charge in [0, 0.05) is 11.3 Å². The van der Waals surface area contributed by atoms with E-state index in [2.05, 4.69) is 35.1 Å². The Morgan fingerprint density at radius 1 is 1.00 bits per heavy atom. The third-order valence-corrected chi connectivity index (χ3v) is 4.11. The predicted octanol–water partition coefficient (Wildman–Crippen LogP) is 5.12. The summed E-state index contributed by atoms with van der Waals surface area (Å²) in [5.74, 6) is 1.98. The van der Waals surface area contributed by atoms with Crippen molar-refractivity contribution in [1.82, 2.24) is 9.97 Å². The number of thioether (sulfide) groups is 1. The maximum absolute atomic E-state index is 4.67. The molecule has 20 heavy (non-hydrogen) atoms. The fourth-order valence-corrected chi connectivity index (χ4v) is 3.00. The minimum absolute atomic E-state index is 0.835. The summed E-state index contributed by atoms with van der Waals surface area (Å²) in [7, 11) is 0. The lowest BCUT2D eigenvalue weighted by Crippen LogP contribution is -1.94. The third-order valence-electron chi connectivity index (χ3n) is 3.11. The lowest BCUT2D eigenvalue weighted by molar-refractivity contribution is 0.706. The van der Waals surface area contributed by atoms with Crippen LogP contribution in [0.25, 0.3) is 11.4 Å². The van der Waals surface area contributed by atoms with Gasteiger partial charge in [0.25, 0.3) is 0 Å². The van der Waals surface area contributed by atoms with Crippen molar-refractivity contribution in [2.24, 2.45) is 0 Å². The van der Waals surface area contributed by atoms with Crippen LogP contribution in [0.3, 0.4) is 0 Å². The molecule has 0 N–H and O–H groups in total. The average Bonchev–Trinajstić information content (AvgIpc) is 2.47. The molecule has 2 aromatic rings. The second kappa shape index (κ2) is 8.05. The van der Waals surface area contributed by atoms with Gasteiger partial charge in [0.2, 0.25) is 0 Å². The highest BCUT2D eigenvalue weighted by Gasteiger charge is 2.05. The third kappa shape index (κ3) is 4.64. The lowest BCUT2D eigenvalue weighted by Gasteiger charge is -2.06. The predicted molar refractivity (Wildman–Crippen MR) is 87.1 cm³/mol. The van der Waals surface area contributed by atoms with Crippen molar-refractivity contribution in [1.29, 1.82) is 0 Å². The zero-order valence-electron chi connectivity index (χ0n) is 12.3. The first-order valence-corrected chi connectivity index (χ1v) is 8.32. The molecule has 106 valence electrons. The molecule has 2 rings (SSSR count). The quantitative estimate of drug-likeness (QED) is 0.401. The molecule has 0 unspecified atom stereocenters. The standard InChI is InChI=1S/C17H22N2S/c1-3-4-5-9-12-20-16-13-14(2)18-17(19-16)15-10-7-6-8-11-15/h6-8,10-11,13H,3-5,9,12H2,1-2H3. The van der Waals surface area contributed by atoms with Crippen LogP contribution in [-0.4, -0.2) is 15.7 Å². The number of rotatable bonds is 7. The van der Waals surface area contributed by atoms with E-state index in [-0.39, 0.29) is 0 Å². The molecule has 0 amide bonds. The van der Waals surface area contributed by atoms with Gasteiger partial charge in [0.05, 0.1) is 0 Å². The molecule has 0 aliphatic carbocycles. The lowest BCUT2D eigenvalue weighted by atomic mass is 10.2. The Balaban J connectivity index is 2.02. The summed E-state index contributed by atoms with van der Waals surface area (Å²) >= 11 is 1.84. The maximum atomic E-state index is 4.67. The molecule has 1 aromatic heterocycles. The van der Waals surface area contributed by atoms with Crippen molar-refractivity contribution >= 4 is 11.8 Å². The van der Waals surface area contributed by atoms with Crippen LogP contribution in [0.5, 0.6) is 0 Å². The number of nitrogens with zero attached hydrogens (tertiary/aromatic N) is 2. The van der Waals surface area contributed by atoms with Crippen molar-refractivity contribution in [3.05, 3.63) is 42.1 Å². The van der Waals surface area contributed by atoms with Gasteiger partial charge in [-0.1, -0.05) is 56.5 Å². The summed E-state index contributed by atoms with van der Waals surface area (Å²) in [6.07, 6.45) is 5.20. The molecule has 0 radical (unpaired) electrons. The highest BCUT2D eigenvalue weighted by molar-refractivity contribution is 7.99. The summed E-state index contributed by atoms with van der Waals surface area (Å²) < 4.78 is 0. The molecule has 0 aliphatic heterocycles. The van der Waals surface area contributed by atoms with E-state index < -0.39 is 0 Å². The van der Waals surface area contributed by atoms with Gasteiger partial charge in [0.1, 0.15) is 5.03 Å². The summed E-state index contributed by atoms with van der Waals surface area (Å²) in [4.78, 5) is 9.21. The molecule has 1 aromatic carbocycles. The van der Waals surface area contributed by atoms with E-state index in [0.717, 1.165) is 27.9 Å². The Kier molecular flexibility index (Phi) is 6.06. The summed E-state index contributed by atoms with van der Waals surface area (Å²) in [6.45, 7) is 4.28. The summed E-state index contributed by atoms with van der Waals surface area (Å²) in [5.41, 5.74) is 2.12. The fraction of sp³-hybridized carbons (Fsp3) is 0.412. The Morgan fingerprint density at radius 2 is 1.80 bits per heavy atom. The molecule has 0 saturated heterocycles. The van der Waals surface area contributed by atoms with Crippen molar-refractivity contribution in [2.45, 2.75) is 44.6 Å². The van der Waals surface area contributed by atoms with Gasteiger partial charge < -0.3 is 0 Å². The molecule has 0 saturated carbocycles. The fourth-order valence-electron chi connectivity index (χ4n) is 2.04.